The van der Waals surface area contributed by atoms with Crippen LogP contribution in [0.15, 0.2) is 6.20 Å². The van der Waals surface area contributed by atoms with Gasteiger partial charge in [0, 0.05) is 13.2 Å². The number of nitrogens with one attached hydrogen (secondary N) is 1. The van der Waals surface area contributed by atoms with Crippen LogP contribution in [0.2, 0.25) is 0 Å². The van der Waals surface area contributed by atoms with E-state index in [9.17, 15) is 4.79 Å². The molecule has 0 aromatic carbocycles. The third-order valence-corrected chi connectivity index (χ3v) is 2.74. The lowest BCUT2D eigenvalue weighted by Crippen LogP contribution is -2.47. The van der Waals surface area contributed by atoms with Gasteiger partial charge in [-0.1, -0.05) is 13.8 Å². The third kappa shape index (κ3) is 2.61. The summed E-state index contributed by atoms with van der Waals surface area (Å²) in [7, 11) is 1.83. The van der Waals surface area contributed by atoms with E-state index in [1.54, 1.807) is 17.8 Å². The second-order valence-corrected chi connectivity index (χ2v) is 4.24. The van der Waals surface area contributed by atoms with E-state index in [-0.39, 0.29) is 5.91 Å². The number of aryl methyl sites for hydroxylation is 2. The van der Waals surface area contributed by atoms with Crippen LogP contribution in [0.1, 0.15) is 32.9 Å². The van der Waals surface area contributed by atoms with Crippen molar-refractivity contribution >= 4 is 11.6 Å². The summed E-state index contributed by atoms with van der Waals surface area (Å²) < 4.78 is 1.69. The molecular formula is C11H20N4O. The van der Waals surface area contributed by atoms with E-state index in [0.29, 0.717) is 6.42 Å². The molecule has 0 radical (unpaired) electrons. The number of nitrogens with two attached hydrogens (primary N) is 1. The Morgan fingerprint density at radius 3 is 2.75 bits per heavy atom. The Hall–Kier alpha value is -1.36. The van der Waals surface area contributed by atoms with Crippen molar-refractivity contribution in [3.63, 3.8) is 0 Å². The van der Waals surface area contributed by atoms with Gasteiger partial charge in [-0.05, 0) is 19.8 Å². The van der Waals surface area contributed by atoms with E-state index in [4.69, 9.17) is 5.73 Å². The lowest BCUT2D eigenvalue weighted by molar-refractivity contribution is -0.120. The Morgan fingerprint density at radius 1 is 1.62 bits per heavy atom. The standard InChI is InChI=1S/C11H20N4O/c1-5-8-9(7-15(4)14-8)13-10(16)11(3,12)6-2/h7H,5-6,12H2,1-4H3,(H,13,16). The van der Waals surface area contributed by atoms with E-state index in [0.717, 1.165) is 17.8 Å². The molecular weight excluding hydrogens is 204 g/mol. The molecule has 0 bridgehead atoms. The molecule has 1 aromatic rings. The van der Waals surface area contributed by atoms with Gasteiger partial charge < -0.3 is 11.1 Å². The van der Waals surface area contributed by atoms with Gasteiger partial charge in [0.25, 0.3) is 0 Å². The van der Waals surface area contributed by atoms with E-state index < -0.39 is 5.54 Å². The zero-order chi connectivity index (χ0) is 12.3. The maximum atomic E-state index is 11.9. The van der Waals surface area contributed by atoms with Gasteiger partial charge in [0.05, 0.1) is 16.9 Å². The van der Waals surface area contributed by atoms with Gasteiger partial charge in [-0.15, -0.1) is 0 Å². The molecule has 16 heavy (non-hydrogen) atoms. The summed E-state index contributed by atoms with van der Waals surface area (Å²) in [5.41, 5.74) is 6.66. The third-order valence-electron chi connectivity index (χ3n) is 2.74. The first kappa shape index (κ1) is 12.7. The minimum Gasteiger partial charge on any atom is -0.322 e. The molecule has 1 unspecified atom stereocenters. The van der Waals surface area contributed by atoms with Crippen molar-refractivity contribution in [1.82, 2.24) is 9.78 Å². The minimum absolute atomic E-state index is 0.169. The summed E-state index contributed by atoms with van der Waals surface area (Å²) in [6.45, 7) is 5.62. The van der Waals surface area contributed by atoms with E-state index in [1.807, 2.05) is 20.9 Å². The largest absolute Gasteiger partial charge is 0.322 e. The maximum absolute atomic E-state index is 11.9. The van der Waals surface area contributed by atoms with Crippen LogP contribution in [-0.2, 0) is 18.3 Å². The summed E-state index contributed by atoms with van der Waals surface area (Å²) in [6, 6.07) is 0. The highest BCUT2D eigenvalue weighted by Gasteiger charge is 2.26. The van der Waals surface area contributed by atoms with Crippen LogP contribution >= 0.6 is 0 Å². The topological polar surface area (TPSA) is 72.9 Å². The monoisotopic (exact) mass is 224 g/mol. The molecule has 0 fully saturated rings. The average Bonchev–Trinajstić information content (AvgIpc) is 2.58. The van der Waals surface area contributed by atoms with Gasteiger partial charge in [-0.2, -0.15) is 5.10 Å². The number of anilines is 1. The Bertz CT molecular complexity index is 381. The average molecular weight is 224 g/mol. The van der Waals surface area contributed by atoms with Crippen molar-refractivity contribution in [3.05, 3.63) is 11.9 Å². The van der Waals surface area contributed by atoms with Crippen molar-refractivity contribution in [2.45, 2.75) is 39.2 Å². The second-order valence-electron chi connectivity index (χ2n) is 4.24. The maximum Gasteiger partial charge on any atom is 0.244 e. The fraction of sp³-hybridized carbons (Fsp3) is 0.636. The first-order valence-corrected chi connectivity index (χ1v) is 5.53. The molecule has 0 aliphatic heterocycles. The summed E-state index contributed by atoms with van der Waals surface area (Å²) in [6.07, 6.45) is 3.17. The minimum atomic E-state index is -0.832. The molecule has 0 saturated carbocycles. The number of aromatic nitrogens is 2. The predicted octanol–water partition coefficient (Wildman–Crippen LogP) is 1.05. The highest BCUT2D eigenvalue weighted by molar-refractivity contribution is 5.97. The van der Waals surface area contributed by atoms with Gasteiger partial charge in [0.2, 0.25) is 5.91 Å². The second kappa shape index (κ2) is 4.65. The number of amides is 1. The fourth-order valence-corrected chi connectivity index (χ4v) is 1.33. The van der Waals surface area contributed by atoms with Crippen LogP contribution in [0.3, 0.4) is 0 Å². The van der Waals surface area contributed by atoms with Gasteiger partial charge in [0.1, 0.15) is 0 Å². The molecule has 90 valence electrons. The Kier molecular flexibility index (Phi) is 3.70. The summed E-state index contributed by atoms with van der Waals surface area (Å²) in [4.78, 5) is 11.9. The molecule has 0 spiro atoms. The molecule has 1 amide bonds. The number of rotatable bonds is 4. The van der Waals surface area contributed by atoms with Gasteiger partial charge >= 0.3 is 0 Å². The number of carbonyl (C=O) groups excluding carboxylic acids is 1. The van der Waals surface area contributed by atoms with Crippen LogP contribution in [0.5, 0.6) is 0 Å². The highest BCUT2D eigenvalue weighted by Crippen LogP contribution is 2.16. The van der Waals surface area contributed by atoms with Gasteiger partial charge in [-0.25, -0.2) is 0 Å². The summed E-state index contributed by atoms with van der Waals surface area (Å²) in [5, 5.41) is 7.08. The molecule has 1 aromatic heterocycles. The van der Waals surface area contributed by atoms with Crippen LogP contribution in [0.4, 0.5) is 5.69 Å². The van der Waals surface area contributed by atoms with Crippen molar-refractivity contribution in [2.24, 2.45) is 12.8 Å². The number of hydrogen-bond acceptors (Lipinski definition) is 3. The molecule has 0 saturated heterocycles. The Balaban J connectivity index is 2.84. The van der Waals surface area contributed by atoms with E-state index in [1.165, 1.54) is 0 Å². The molecule has 0 aliphatic rings. The Morgan fingerprint density at radius 2 is 2.25 bits per heavy atom. The molecule has 0 aliphatic carbocycles. The summed E-state index contributed by atoms with van der Waals surface area (Å²) >= 11 is 0. The van der Waals surface area contributed by atoms with Gasteiger partial charge in [-0.3, -0.25) is 9.48 Å². The normalized spacial score (nSPS) is 14.6. The molecule has 3 N–H and O–H groups in total. The van der Waals surface area contributed by atoms with Crippen LogP contribution < -0.4 is 11.1 Å². The lowest BCUT2D eigenvalue weighted by atomic mass is 9.99. The van der Waals surface area contributed by atoms with E-state index in [2.05, 4.69) is 10.4 Å². The molecule has 1 rings (SSSR count). The highest BCUT2D eigenvalue weighted by atomic mass is 16.2. The summed E-state index contributed by atoms with van der Waals surface area (Å²) in [5.74, 6) is -0.169. The molecule has 1 atom stereocenters. The molecule has 5 nitrogen and oxygen atoms in total. The van der Waals surface area contributed by atoms with Crippen molar-refractivity contribution in [2.75, 3.05) is 5.32 Å². The van der Waals surface area contributed by atoms with E-state index >= 15 is 0 Å². The molecule has 5 heteroatoms. The van der Waals surface area contributed by atoms with Crippen molar-refractivity contribution < 1.29 is 4.79 Å². The van der Waals surface area contributed by atoms with Crippen molar-refractivity contribution in [1.29, 1.82) is 0 Å². The first-order valence-electron chi connectivity index (χ1n) is 5.53. The number of hydrogen-bond donors (Lipinski definition) is 2. The lowest BCUT2D eigenvalue weighted by Gasteiger charge is -2.21. The van der Waals surface area contributed by atoms with Crippen LogP contribution in [-0.4, -0.2) is 21.2 Å². The zero-order valence-corrected chi connectivity index (χ0v) is 10.4. The fourth-order valence-electron chi connectivity index (χ4n) is 1.33. The number of carbonyl (C=O) groups is 1. The number of nitrogens with zero attached hydrogens (tertiary/aromatic N) is 2. The smallest absolute Gasteiger partial charge is 0.244 e. The quantitative estimate of drug-likeness (QED) is 0.802. The molecule has 1 heterocycles. The van der Waals surface area contributed by atoms with Gasteiger partial charge in [0.15, 0.2) is 0 Å². The zero-order valence-electron chi connectivity index (χ0n) is 10.4. The Labute approximate surface area is 96.0 Å². The van der Waals surface area contributed by atoms with Crippen LogP contribution in [0, 0.1) is 0 Å². The van der Waals surface area contributed by atoms with Crippen LogP contribution in [0.25, 0.3) is 0 Å². The predicted molar refractivity (Wildman–Crippen MR) is 64.1 cm³/mol. The van der Waals surface area contributed by atoms with Crippen molar-refractivity contribution in [3.8, 4) is 0 Å². The SMILES string of the molecule is CCc1nn(C)cc1NC(=O)C(C)(N)CC. The first-order chi connectivity index (χ1) is 7.40.